The van der Waals surface area contributed by atoms with E-state index < -0.39 is 50.3 Å². The highest BCUT2D eigenvalue weighted by Gasteiger charge is 2.43. The van der Waals surface area contributed by atoms with E-state index in [4.69, 9.17) is 10.00 Å². The molecule has 0 saturated heterocycles. The zero-order chi connectivity index (χ0) is 19.2. The summed E-state index contributed by atoms with van der Waals surface area (Å²) in [5.74, 6) is -1.47. The molecule has 1 atom stereocenters. The molecule has 0 bridgehead atoms. The number of nitriles is 1. The van der Waals surface area contributed by atoms with Crippen LogP contribution in [0.5, 0.6) is 11.5 Å². The Morgan fingerprint density at radius 1 is 1.31 bits per heavy atom. The number of aliphatic hydroxyl groups is 1. The van der Waals surface area contributed by atoms with E-state index in [1.54, 1.807) is 6.07 Å². The van der Waals surface area contributed by atoms with Crippen LogP contribution in [0.2, 0.25) is 0 Å². The Bertz CT molecular complexity index is 1030. The van der Waals surface area contributed by atoms with E-state index in [2.05, 4.69) is 0 Å². The molecule has 0 aromatic heterocycles. The molecule has 1 aliphatic heterocycles. The summed E-state index contributed by atoms with van der Waals surface area (Å²) in [7, 11) is -3.05. The Hall–Kier alpha value is -2.61. The van der Waals surface area contributed by atoms with E-state index in [9.17, 15) is 26.7 Å². The van der Waals surface area contributed by atoms with Gasteiger partial charge in [0.25, 0.3) is 6.43 Å². The van der Waals surface area contributed by atoms with Crippen molar-refractivity contribution in [3.63, 3.8) is 0 Å². The molecule has 0 fully saturated rings. The molecule has 3 rings (SSSR count). The molecule has 136 valence electrons. The third-order valence-corrected chi connectivity index (χ3v) is 5.78. The summed E-state index contributed by atoms with van der Waals surface area (Å²) in [5, 5.41) is 18.9. The van der Waals surface area contributed by atoms with Crippen molar-refractivity contribution in [2.24, 2.45) is 0 Å². The van der Waals surface area contributed by atoms with Gasteiger partial charge < -0.3 is 9.84 Å². The average Bonchev–Trinajstić information content (AvgIpc) is 2.74. The van der Waals surface area contributed by atoms with Gasteiger partial charge in [0, 0.05) is 18.7 Å². The molecular weight excluding hydrogens is 373 g/mol. The third kappa shape index (κ3) is 2.80. The lowest BCUT2D eigenvalue weighted by Crippen LogP contribution is -2.23. The van der Waals surface area contributed by atoms with E-state index in [-0.39, 0.29) is 11.3 Å². The van der Waals surface area contributed by atoms with Crippen molar-refractivity contribution < 1.29 is 31.4 Å². The van der Waals surface area contributed by atoms with Crippen molar-refractivity contribution in [1.82, 2.24) is 4.31 Å². The number of hydrogen-bond donors (Lipinski definition) is 1. The summed E-state index contributed by atoms with van der Waals surface area (Å²) in [4.78, 5) is -0.452. The number of alkyl halides is 2. The molecule has 10 heteroatoms. The molecule has 6 nitrogen and oxygen atoms in total. The van der Waals surface area contributed by atoms with Crippen molar-refractivity contribution in [3.05, 3.63) is 52.8 Å². The van der Waals surface area contributed by atoms with Gasteiger partial charge in [0.1, 0.15) is 23.5 Å². The van der Waals surface area contributed by atoms with Crippen molar-refractivity contribution in [2.75, 3.05) is 7.05 Å². The molecule has 1 unspecified atom stereocenters. The highest BCUT2D eigenvalue weighted by atomic mass is 32.2. The number of nitrogens with zero attached hydrogens (tertiary/aromatic N) is 2. The molecule has 1 N–H and O–H groups in total. The van der Waals surface area contributed by atoms with Crippen LogP contribution in [0.3, 0.4) is 0 Å². The predicted octanol–water partition coefficient (Wildman–Crippen LogP) is 3.05. The molecule has 2 aromatic rings. The van der Waals surface area contributed by atoms with Crippen molar-refractivity contribution in [3.8, 4) is 17.6 Å². The number of halogens is 3. The number of hydrogen-bond acceptors (Lipinski definition) is 5. The van der Waals surface area contributed by atoms with Crippen LogP contribution in [0, 0.1) is 17.1 Å². The monoisotopic (exact) mass is 384 g/mol. The highest BCUT2D eigenvalue weighted by Crippen LogP contribution is 2.46. The van der Waals surface area contributed by atoms with E-state index in [1.807, 2.05) is 0 Å². The normalized spacial score (nSPS) is 18.6. The Morgan fingerprint density at radius 3 is 2.62 bits per heavy atom. The number of sulfonamides is 1. The fourth-order valence-electron chi connectivity index (χ4n) is 2.68. The zero-order valence-electron chi connectivity index (χ0n) is 13.1. The van der Waals surface area contributed by atoms with Gasteiger partial charge in [-0.3, -0.25) is 0 Å². The topological polar surface area (TPSA) is 90.6 Å². The minimum Gasteiger partial charge on any atom is -0.457 e. The summed E-state index contributed by atoms with van der Waals surface area (Å²) in [5.41, 5.74) is -1.38. The van der Waals surface area contributed by atoms with E-state index >= 15 is 0 Å². The second-order valence-corrected chi connectivity index (χ2v) is 7.44. The largest absolute Gasteiger partial charge is 0.457 e. The quantitative estimate of drug-likeness (QED) is 0.878. The number of benzene rings is 2. The van der Waals surface area contributed by atoms with Gasteiger partial charge in [-0.1, -0.05) is 0 Å². The Balaban J connectivity index is 2.17. The number of fused-ring (bicyclic) bond motifs is 1. The van der Waals surface area contributed by atoms with Gasteiger partial charge >= 0.3 is 0 Å². The number of ether oxygens (including phenoxy) is 1. The SMILES string of the molecule is CN1C(O)c2c(ccc(Oc3cc(F)cc(C#N)c3)c2C(F)F)S1(=O)=O. The van der Waals surface area contributed by atoms with Gasteiger partial charge in [0.15, 0.2) is 0 Å². The summed E-state index contributed by atoms with van der Waals surface area (Å²) in [6, 6.07) is 6.71. The second-order valence-electron chi connectivity index (χ2n) is 5.47. The standard InChI is InChI=1S/C16H11F3N2O4S/c1-21-16(22)14-12(26(21,23)24)3-2-11(13(14)15(18)19)25-10-5-8(7-20)4-9(17)6-10/h2-6,15-16,22H,1H3. The second kappa shape index (κ2) is 6.28. The summed E-state index contributed by atoms with van der Waals surface area (Å²) >= 11 is 0. The molecule has 26 heavy (non-hydrogen) atoms. The van der Waals surface area contributed by atoms with Crippen molar-refractivity contribution in [2.45, 2.75) is 17.5 Å². The van der Waals surface area contributed by atoms with Gasteiger partial charge in [-0.2, -0.15) is 9.57 Å². The fraction of sp³-hybridized carbons (Fsp3) is 0.188. The van der Waals surface area contributed by atoms with Gasteiger partial charge in [-0.05, 0) is 24.3 Å². The Kier molecular flexibility index (Phi) is 4.39. The van der Waals surface area contributed by atoms with Crippen LogP contribution in [-0.2, 0) is 10.0 Å². The van der Waals surface area contributed by atoms with Crippen LogP contribution in [0.1, 0.15) is 29.3 Å². The first-order valence-corrected chi connectivity index (χ1v) is 8.60. The Labute approximate surface area is 146 Å². The average molecular weight is 384 g/mol. The van der Waals surface area contributed by atoms with Gasteiger partial charge in [-0.15, -0.1) is 0 Å². The molecule has 0 amide bonds. The van der Waals surface area contributed by atoms with Crippen LogP contribution in [0.25, 0.3) is 0 Å². The molecule has 0 spiro atoms. The summed E-state index contributed by atoms with van der Waals surface area (Å²) in [6.07, 6.45) is -4.97. The first-order chi connectivity index (χ1) is 12.2. The first kappa shape index (κ1) is 18.2. The van der Waals surface area contributed by atoms with Crippen LogP contribution in [0.15, 0.2) is 35.2 Å². The van der Waals surface area contributed by atoms with Gasteiger partial charge in [0.2, 0.25) is 10.0 Å². The maximum absolute atomic E-state index is 13.6. The van der Waals surface area contributed by atoms with Crippen LogP contribution >= 0.6 is 0 Å². The molecular formula is C16H11F3N2O4S. The smallest absolute Gasteiger partial charge is 0.267 e. The lowest BCUT2D eigenvalue weighted by atomic mass is 10.0. The zero-order valence-corrected chi connectivity index (χ0v) is 14.0. The lowest BCUT2D eigenvalue weighted by Gasteiger charge is -2.16. The van der Waals surface area contributed by atoms with Crippen molar-refractivity contribution in [1.29, 1.82) is 5.26 Å². The maximum atomic E-state index is 13.6. The predicted molar refractivity (Wildman–Crippen MR) is 82.5 cm³/mol. The molecule has 2 aromatic carbocycles. The molecule has 0 radical (unpaired) electrons. The third-order valence-electron chi connectivity index (χ3n) is 3.91. The van der Waals surface area contributed by atoms with Gasteiger partial charge in [0.05, 0.1) is 22.1 Å². The van der Waals surface area contributed by atoms with Crippen LogP contribution in [-0.4, -0.2) is 24.9 Å². The van der Waals surface area contributed by atoms with Crippen molar-refractivity contribution >= 4 is 10.0 Å². The first-order valence-electron chi connectivity index (χ1n) is 7.16. The minimum atomic E-state index is -4.11. The van der Waals surface area contributed by atoms with E-state index in [0.717, 1.165) is 37.4 Å². The Morgan fingerprint density at radius 2 is 2.00 bits per heavy atom. The summed E-state index contributed by atoms with van der Waals surface area (Å²) in [6.45, 7) is 0. The molecule has 0 aliphatic carbocycles. The summed E-state index contributed by atoms with van der Waals surface area (Å²) < 4.78 is 70.9. The van der Waals surface area contributed by atoms with E-state index in [0.29, 0.717) is 4.31 Å². The molecule has 1 heterocycles. The van der Waals surface area contributed by atoms with Crippen LogP contribution in [0.4, 0.5) is 13.2 Å². The fourth-order valence-corrected chi connectivity index (χ4v) is 4.10. The van der Waals surface area contributed by atoms with E-state index in [1.165, 1.54) is 0 Å². The highest BCUT2D eigenvalue weighted by molar-refractivity contribution is 7.89. The number of rotatable bonds is 3. The number of aliphatic hydroxyl groups excluding tert-OH is 1. The lowest BCUT2D eigenvalue weighted by molar-refractivity contribution is 0.0766. The maximum Gasteiger partial charge on any atom is 0.267 e. The molecule has 0 saturated carbocycles. The minimum absolute atomic E-state index is 0.0814. The van der Waals surface area contributed by atoms with Crippen LogP contribution < -0.4 is 4.74 Å². The van der Waals surface area contributed by atoms with Gasteiger partial charge in [-0.25, -0.2) is 21.6 Å². The molecule has 1 aliphatic rings.